The van der Waals surface area contributed by atoms with Crippen LogP contribution in [0, 0.1) is 6.92 Å². The van der Waals surface area contributed by atoms with E-state index in [1.807, 2.05) is 0 Å². The number of benzene rings is 2. The molecule has 9 nitrogen and oxygen atoms in total. The Kier molecular flexibility index (Phi) is 6.76. The summed E-state index contributed by atoms with van der Waals surface area (Å²) < 4.78 is 67.5. The maximum absolute atomic E-state index is 13.6. The van der Waals surface area contributed by atoms with Gasteiger partial charge < -0.3 is 16.0 Å². The number of nitrogens with one attached hydrogen (secondary N) is 4. The molecule has 0 fully saturated rings. The smallest absolute Gasteiger partial charge is 0.365 e. The summed E-state index contributed by atoms with van der Waals surface area (Å²) in [5, 5.41) is 8.24. The van der Waals surface area contributed by atoms with Gasteiger partial charge >= 0.3 is 6.18 Å². The molecule has 36 heavy (non-hydrogen) atoms. The van der Waals surface area contributed by atoms with Crippen molar-refractivity contribution >= 4 is 44.8 Å². The predicted molar refractivity (Wildman–Crippen MR) is 131 cm³/mol. The summed E-state index contributed by atoms with van der Waals surface area (Å²) in [6, 6.07) is 9.99. The van der Waals surface area contributed by atoms with Gasteiger partial charge in [0.15, 0.2) is 0 Å². The molecule has 0 saturated carbocycles. The van der Waals surface area contributed by atoms with Crippen molar-refractivity contribution in [2.45, 2.75) is 33.0 Å². The van der Waals surface area contributed by atoms with Crippen LogP contribution < -0.4 is 20.7 Å². The van der Waals surface area contributed by atoms with Gasteiger partial charge in [-0.15, -0.1) is 0 Å². The normalized spacial score (nSPS) is 13.2. The number of sulfonamides is 1. The third-order valence-electron chi connectivity index (χ3n) is 5.44. The molecule has 0 saturated heterocycles. The van der Waals surface area contributed by atoms with Crippen LogP contribution >= 0.6 is 0 Å². The van der Waals surface area contributed by atoms with Crippen LogP contribution in [0.15, 0.2) is 42.6 Å². The molecular weight excluding hydrogens is 497 g/mol. The standard InChI is InChI=1S/C23H23F3N6O3S/c1-3-36(34,35)32-19-8-13(2)4-5-14(19)11-27-21-17(23(24,25)26)12-28-22(31-21)29-16-6-7-18-15(9-16)10-20(33)30-18/h4-9,12,32H,3,10-11H2,1-2H3,(H,30,33)(H2,27,28,29,31). The van der Waals surface area contributed by atoms with Gasteiger partial charge in [0.2, 0.25) is 21.9 Å². The third kappa shape index (κ3) is 5.85. The maximum Gasteiger partial charge on any atom is 0.421 e. The third-order valence-corrected chi connectivity index (χ3v) is 6.73. The van der Waals surface area contributed by atoms with E-state index < -0.39 is 27.6 Å². The van der Waals surface area contributed by atoms with Gasteiger partial charge in [-0.2, -0.15) is 18.2 Å². The SMILES string of the molecule is CCS(=O)(=O)Nc1cc(C)ccc1CNc1nc(Nc2ccc3c(c2)CC(=O)N3)ncc1C(F)(F)F. The molecule has 0 spiro atoms. The fraction of sp³-hybridized carbons (Fsp3) is 0.261. The number of carbonyl (C=O) groups is 1. The molecule has 2 heterocycles. The first-order valence-corrected chi connectivity index (χ1v) is 12.6. The summed E-state index contributed by atoms with van der Waals surface area (Å²) in [5.41, 5.74) is 2.35. The predicted octanol–water partition coefficient (Wildman–Crippen LogP) is 4.42. The van der Waals surface area contributed by atoms with E-state index in [4.69, 9.17) is 0 Å². The van der Waals surface area contributed by atoms with Gasteiger partial charge in [-0.05, 0) is 54.8 Å². The highest BCUT2D eigenvalue weighted by molar-refractivity contribution is 7.92. The Hall–Kier alpha value is -3.87. The quantitative estimate of drug-likeness (QED) is 0.347. The van der Waals surface area contributed by atoms with Crippen molar-refractivity contribution in [1.29, 1.82) is 0 Å². The second kappa shape index (κ2) is 9.64. The number of anilines is 5. The summed E-state index contributed by atoms with van der Waals surface area (Å²) >= 11 is 0. The fourth-order valence-electron chi connectivity index (χ4n) is 3.58. The number of aromatic nitrogens is 2. The largest absolute Gasteiger partial charge is 0.421 e. The Labute approximate surface area is 205 Å². The topological polar surface area (TPSA) is 125 Å². The van der Waals surface area contributed by atoms with Crippen molar-refractivity contribution in [2.24, 2.45) is 0 Å². The van der Waals surface area contributed by atoms with E-state index in [1.54, 1.807) is 43.3 Å². The summed E-state index contributed by atoms with van der Waals surface area (Å²) in [5.74, 6) is -0.850. The molecule has 1 aliphatic rings. The van der Waals surface area contributed by atoms with E-state index in [-0.39, 0.29) is 36.3 Å². The van der Waals surface area contributed by atoms with Crippen molar-refractivity contribution in [3.05, 3.63) is 64.8 Å². The van der Waals surface area contributed by atoms with Gasteiger partial charge in [0.25, 0.3) is 0 Å². The Morgan fingerprint density at radius 3 is 2.64 bits per heavy atom. The Morgan fingerprint density at radius 2 is 1.92 bits per heavy atom. The van der Waals surface area contributed by atoms with Crippen molar-refractivity contribution in [1.82, 2.24) is 9.97 Å². The lowest BCUT2D eigenvalue weighted by Gasteiger charge is -2.17. The highest BCUT2D eigenvalue weighted by Crippen LogP contribution is 2.35. The maximum atomic E-state index is 13.6. The van der Waals surface area contributed by atoms with E-state index in [1.165, 1.54) is 6.92 Å². The number of halogens is 3. The first-order valence-electron chi connectivity index (χ1n) is 10.9. The molecule has 1 aromatic heterocycles. The minimum Gasteiger partial charge on any atom is -0.365 e. The van der Waals surface area contributed by atoms with E-state index in [0.29, 0.717) is 23.1 Å². The molecule has 3 aromatic rings. The summed E-state index contributed by atoms with van der Waals surface area (Å²) in [6.45, 7) is 3.13. The first-order chi connectivity index (χ1) is 16.9. The lowest BCUT2D eigenvalue weighted by atomic mass is 10.1. The molecule has 0 aliphatic carbocycles. The second-order valence-corrected chi connectivity index (χ2v) is 10.2. The highest BCUT2D eigenvalue weighted by Gasteiger charge is 2.35. The molecule has 2 aromatic carbocycles. The van der Waals surface area contributed by atoms with Crippen LogP contribution in [0.5, 0.6) is 0 Å². The zero-order valence-electron chi connectivity index (χ0n) is 19.3. The van der Waals surface area contributed by atoms with E-state index >= 15 is 0 Å². The van der Waals surface area contributed by atoms with E-state index in [9.17, 15) is 26.4 Å². The van der Waals surface area contributed by atoms with Gasteiger partial charge in [-0.25, -0.2) is 13.4 Å². The average molecular weight is 521 g/mol. The number of rotatable bonds is 8. The highest BCUT2D eigenvalue weighted by atomic mass is 32.2. The lowest BCUT2D eigenvalue weighted by molar-refractivity contribution is -0.137. The summed E-state index contributed by atoms with van der Waals surface area (Å²) in [6.07, 6.45) is -3.85. The fourth-order valence-corrected chi connectivity index (χ4v) is 4.25. The van der Waals surface area contributed by atoms with E-state index in [2.05, 4.69) is 30.6 Å². The van der Waals surface area contributed by atoms with Gasteiger partial charge in [0.1, 0.15) is 11.4 Å². The molecule has 1 amide bonds. The molecule has 0 atom stereocenters. The molecule has 4 N–H and O–H groups in total. The number of amides is 1. The second-order valence-electron chi connectivity index (χ2n) is 8.20. The van der Waals surface area contributed by atoms with Crippen LogP contribution in [0.4, 0.5) is 42.0 Å². The van der Waals surface area contributed by atoms with Crippen LogP contribution in [0.3, 0.4) is 0 Å². The van der Waals surface area contributed by atoms with E-state index in [0.717, 1.165) is 11.1 Å². The number of carbonyl (C=O) groups excluding carboxylic acids is 1. The van der Waals surface area contributed by atoms with Gasteiger partial charge in [-0.1, -0.05) is 12.1 Å². The number of hydrogen-bond donors (Lipinski definition) is 4. The molecule has 4 rings (SSSR count). The van der Waals surface area contributed by atoms with Crippen molar-refractivity contribution in [3.63, 3.8) is 0 Å². The first kappa shape index (κ1) is 25.2. The van der Waals surface area contributed by atoms with Gasteiger partial charge in [-0.3, -0.25) is 9.52 Å². The van der Waals surface area contributed by atoms with Gasteiger partial charge in [0.05, 0.1) is 17.9 Å². The lowest BCUT2D eigenvalue weighted by Crippen LogP contribution is -2.18. The molecule has 0 unspecified atom stereocenters. The molecule has 1 aliphatic heterocycles. The Morgan fingerprint density at radius 1 is 1.14 bits per heavy atom. The Balaban J connectivity index is 1.60. The molecule has 190 valence electrons. The number of alkyl halides is 3. The van der Waals surface area contributed by atoms with Crippen LogP contribution in [0.2, 0.25) is 0 Å². The zero-order valence-corrected chi connectivity index (χ0v) is 20.1. The summed E-state index contributed by atoms with van der Waals surface area (Å²) in [7, 11) is -3.59. The average Bonchev–Trinajstić information content (AvgIpc) is 3.17. The number of aryl methyl sites for hydroxylation is 1. The van der Waals surface area contributed by atoms with Gasteiger partial charge in [0, 0.05) is 24.1 Å². The van der Waals surface area contributed by atoms with Crippen molar-refractivity contribution in [3.8, 4) is 0 Å². The minimum atomic E-state index is -4.72. The number of nitrogens with zero attached hydrogens (tertiary/aromatic N) is 2. The monoisotopic (exact) mass is 520 g/mol. The van der Waals surface area contributed by atoms with Crippen LogP contribution in [0.1, 0.15) is 29.2 Å². The van der Waals surface area contributed by atoms with Crippen LogP contribution in [-0.2, 0) is 34.0 Å². The summed E-state index contributed by atoms with van der Waals surface area (Å²) in [4.78, 5) is 19.4. The van der Waals surface area contributed by atoms with Crippen molar-refractivity contribution in [2.75, 3.05) is 26.4 Å². The van der Waals surface area contributed by atoms with Crippen LogP contribution in [0.25, 0.3) is 0 Å². The number of hydrogen-bond acceptors (Lipinski definition) is 7. The molecule has 0 radical (unpaired) electrons. The molecule has 13 heteroatoms. The minimum absolute atomic E-state index is 0.0847. The van der Waals surface area contributed by atoms with Crippen LogP contribution in [-0.4, -0.2) is 30.0 Å². The molecule has 0 bridgehead atoms. The zero-order chi connectivity index (χ0) is 26.1. The number of fused-ring (bicyclic) bond motifs is 1. The molecular formula is C23H23F3N6O3S. The Bertz CT molecular complexity index is 1430. The van der Waals surface area contributed by atoms with Crippen molar-refractivity contribution < 1.29 is 26.4 Å².